The largest absolute Gasteiger partial charge is 0.444 e. The molecule has 1 amide bonds. The SMILES string of the molecule is CCC(=O)Cc1cc(Br)ccc1NCC1CCCN1C(=O)OC(C)(C)C. The maximum atomic E-state index is 12.4. The number of nitrogens with one attached hydrogen (secondary N) is 1. The van der Waals surface area contributed by atoms with Crippen molar-refractivity contribution in [3.63, 3.8) is 0 Å². The predicted molar refractivity (Wildman–Crippen MR) is 108 cm³/mol. The fourth-order valence-electron chi connectivity index (χ4n) is 3.06. The molecular weight excluding hydrogens is 396 g/mol. The Morgan fingerprint density at radius 3 is 2.73 bits per heavy atom. The lowest BCUT2D eigenvalue weighted by atomic mass is 10.1. The summed E-state index contributed by atoms with van der Waals surface area (Å²) in [6.45, 7) is 8.90. The molecule has 1 N–H and O–H groups in total. The van der Waals surface area contributed by atoms with Crippen LogP contribution in [0.1, 0.15) is 52.5 Å². The number of carbonyl (C=O) groups is 2. The van der Waals surface area contributed by atoms with Gasteiger partial charge in [0.2, 0.25) is 0 Å². The molecular formula is C20H29BrN2O3. The van der Waals surface area contributed by atoms with E-state index >= 15 is 0 Å². The first-order valence-electron chi connectivity index (χ1n) is 9.23. The fraction of sp³-hybridized carbons (Fsp3) is 0.600. The van der Waals surface area contributed by atoms with Crippen LogP contribution in [0, 0.1) is 0 Å². The molecule has 1 aliphatic heterocycles. The predicted octanol–water partition coefficient (Wildman–Crippen LogP) is 4.78. The zero-order valence-corrected chi connectivity index (χ0v) is 17.7. The van der Waals surface area contributed by atoms with E-state index in [0.29, 0.717) is 19.4 Å². The van der Waals surface area contributed by atoms with E-state index in [1.807, 2.05) is 50.8 Å². The molecule has 2 rings (SSSR count). The molecule has 1 saturated heterocycles. The van der Waals surface area contributed by atoms with Crippen LogP contribution in [0.2, 0.25) is 0 Å². The average molecular weight is 425 g/mol. The second-order valence-corrected chi connectivity index (χ2v) is 8.64. The summed E-state index contributed by atoms with van der Waals surface area (Å²) in [7, 11) is 0. The van der Waals surface area contributed by atoms with E-state index in [0.717, 1.165) is 35.1 Å². The van der Waals surface area contributed by atoms with Gasteiger partial charge in [-0.25, -0.2) is 4.79 Å². The Morgan fingerprint density at radius 2 is 2.08 bits per heavy atom. The van der Waals surface area contributed by atoms with Gasteiger partial charge < -0.3 is 15.0 Å². The maximum Gasteiger partial charge on any atom is 0.410 e. The Bertz CT molecular complexity index is 655. The number of Topliss-reactive ketones (excluding diaryl/α,β-unsaturated/α-hetero) is 1. The minimum absolute atomic E-state index is 0.100. The van der Waals surface area contributed by atoms with Gasteiger partial charge in [-0.1, -0.05) is 22.9 Å². The Labute approximate surface area is 164 Å². The molecule has 1 unspecified atom stereocenters. The van der Waals surface area contributed by atoms with Crippen molar-refractivity contribution in [3.8, 4) is 0 Å². The molecule has 0 saturated carbocycles. The van der Waals surface area contributed by atoms with Gasteiger partial charge in [0.1, 0.15) is 11.4 Å². The summed E-state index contributed by atoms with van der Waals surface area (Å²) < 4.78 is 6.48. The third-order valence-corrected chi connectivity index (χ3v) is 4.88. The zero-order chi connectivity index (χ0) is 19.3. The smallest absolute Gasteiger partial charge is 0.410 e. The summed E-state index contributed by atoms with van der Waals surface area (Å²) in [5.41, 5.74) is 1.44. The third kappa shape index (κ3) is 6.01. The van der Waals surface area contributed by atoms with Crippen molar-refractivity contribution in [2.45, 2.75) is 65.0 Å². The summed E-state index contributed by atoms with van der Waals surface area (Å²) in [6.07, 6.45) is 2.62. The average Bonchev–Trinajstić information content (AvgIpc) is 3.01. The number of anilines is 1. The third-order valence-electron chi connectivity index (χ3n) is 4.38. The minimum atomic E-state index is -0.489. The van der Waals surface area contributed by atoms with E-state index in [9.17, 15) is 9.59 Å². The first-order chi connectivity index (χ1) is 12.2. The monoisotopic (exact) mass is 424 g/mol. The first-order valence-corrected chi connectivity index (χ1v) is 10.0. The van der Waals surface area contributed by atoms with Gasteiger partial charge >= 0.3 is 6.09 Å². The quantitative estimate of drug-likeness (QED) is 0.713. The van der Waals surface area contributed by atoms with Crippen molar-refractivity contribution in [3.05, 3.63) is 28.2 Å². The summed E-state index contributed by atoms with van der Waals surface area (Å²) in [4.78, 5) is 26.1. The highest BCUT2D eigenvalue weighted by Gasteiger charge is 2.32. The standard InChI is InChI=1S/C20H29BrN2O3/c1-5-17(24)12-14-11-15(21)8-9-18(14)22-13-16-7-6-10-23(16)19(25)26-20(2,3)4/h8-9,11,16,22H,5-7,10,12-13H2,1-4H3. The second kappa shape index (κ2) is 8.89. The number of ketones is 1. The van der Waals surface area contributed by atoms with Crippen LogP contribution in [-0.2, 0) is 16.0 Å². The summed E-state index contributed by atoms with van der Waals surface area (Å²) in [5, 5.41) is 3.44. The molecule has 1 heterocycles. The molecule has 5 nitrogen and oxygen atoms in total. The van der Waals surface area contributed by atoms with Gasteiger partial charge in [0.25, 0.3) is 0 Å². The van der Waals surface area contributed by atoms with E-state index in [-0.39, 0.29) is 17.9 Å². The summed E-state index contributed by atoms with van der Waals surface area (Å²) in [6, 6.07) is 6.02. The topological polar surface area (TPSA) is 58.6 Å². The number of amides is 1. The number of rotatable bonds is 6. The van der Waals surface area contributed by atoms with Gasteiger partial charge in [-0.3, -0.25) is 4.79 Å². The Hall–Kier alpha value is -1.56. The lowest BCUT2D eigenvalue weighted by molar-refractivity contribution is -0.118. The second-order valence-electron chi connectivity index (χ2n) is 7.72. The molecule has 0 spiro atoms. The van der Waals surface area contributed by atoms with Crippen LogP contribution in [-0.4, -0.2) is 41.5 Å². The Kier molecular flexibility index (Phi) is 7.09. The van der Waals surface area contributed by atoms with Crippen LogP contribution in [0.25, 0.3) is 0 Å². The molecule has 1 fully saturated rings. The minimum Gasteiger partial charge on any atom is -0.444 e. The molecule has 0 aliphatic carbocycles. The molecule has 1 aromatic carbocycles. The summed E-state index contributed by atoms with van der Waals surface area (Å²) in [5.74, 6) is 0.211. The first kappa shape index (κ1) is 20.7. The van der Waals surface area contributed by atoms with Crippen LogP contribution >= 0.6 is 15.9 Å². The number of hydrogen-bond donors (Lipinski definition) is 1. The van der Waals surface area contributed by atoms with Crippen LogP contribution in [0.15, 0.2) is 22.7 Å². The molecule has 1 aliphatic rings. The van der Waals surface area contributed by atoms with E-state index in [1.54, 1.807) is 0 Å². The van der Waals surface area contributed by atoms with Crippen LogP contribution in [0.3, 0.4) is 0 Å². The number of halogens is 1. The van der Waals surface area contributed by atoms with Gasteiger partial charge in [-0.15, -0.1) is 0 Å². The van der Waals surface area contributed by atoms with Crippen LogP contribution < -0.4 is 5.32 Å². The molecule has 0 aromatic heterocycles. The van der Waals surface area contributed by atoms with E-state index in [4.69, 9.17) is 4.74 Å². The molecule has 1 aromatic rings. The number of likely N-dealkylation sites (tertiary alicyclic amines) is 1. The highest BCUT2D eigenvalue weighted by molar-refractivity contribution is 9.10. The Morgan fingerprint density at radius 1 is 1.35 bits per heavy atom. The van der Waals surface area contributed by atoms with Gasteiger partial charge in [0.15, 0.2) is 0 Å². The van der Waals surface area contributed by atoms with Crippen molar-refractivity contribution in [1.29, 1.82) is 0 Å². The lowest BCUT2D eigenvalue weighted by Gasteiger charge is -2.29. The number of hydrogen-bond acceptors (Lipinski definition) is 4. The van der Waals surface area contributed by atoms with Gasteiger partial charge in [0, 0.05) is 36.1 Å². The molecule has 26 heavy (non-hydrogen) atoms. The van der Waals surface area contributed by atoms with Gasteiger partial charge in [-0.05, 0) is 57.4 Å². The van der Waals surface area contributed by atoms with Gasteiger partial charge in [-0.2, -0.15) is 0 Å². The van der Waals surface area contributed by atoms with Crippen molar-refractivity contribution in [2.24, 2.45) is 0 Å². The lowest BCUT2D eigenvalue weighted by Crippen LogP contribution is -2.42. The molecule has 144 valence electrons. The van der Waals surface area contributed by atoms with Crippen molar-refractivity contribution in [1.82, 2.24) is 4.90 Å². The number of carbonyl (C=O) groups excluding carboxylic acids is 2. The van der Waals surface area contributed by atoms with Crippen molar-refractivity contribution < 1.29 is 14.3 Å². The highest BCUT2D eigenvalue weighted by Crippen LogP contribution is 2.25. The van der Waals surface area contributed by atoms with Crippen LogP contribution in [0.5, 0.6) is 0 Å². The van der Waals surface area contributed by atoms with Crippen LogP contribution in [0.4, 0.5) is 10.5 Å². The maximum absolute atomic E-state index is 12.4. The number of ether oxygens (including phenoxy) is 1. The van der Waals surface area contributed by atoms with E-state index in [1.165, 1.54) is 0 Å². The molecule has 1 atom stereocenters. The zero-order valence-electron chi connectivity index (χ0n) is 16.1. The normalized spacial score (nSPS) is 17.3. The fourth-order valence-corrected chi connectivity index (χ4v) is 3.46. The van der Waals surface area contributed by atoms with Crippen molar-refractivity contribution in [2.75, 3.05) is 18.4 Å². The van der Waals surface area contributed by atoms with Crippen molar-refractivity contribution >= 4 is 33.5 Å². The highest BCUT2D eigenvalue weighted by atomic mass is 79.9. The number of benzene rings is 1. The van der Waals surface area contributed by atoms with E-state index in [2.05, 4.69) is 21.2 Å². The summed E-state index contributed by atoms with van der Waals surface area (Å²) >= 11 is 3.47. The van der Waals surface area contributed by atoms with E-state index < -0.39 is 5.60 Å². The molecule has 0 bridgehead atoms. The Balaban J connectivity index is 2.03. The van der Waals surface area contributed by atoms with Gasteiger partial charge in [0.05, 0.1) is 6.04 Å². The molecule has 6 heteroatoms. The number of nitrogens with zero attached hydrogens (tertiary/aromatic N) is 1. The molecule has 0 radical (unpaired) electrons.